The van der Waals surface area contributed by atoms with Crippen molar-refractivity contribution in [3.63, 3.8) is 0 Å². The van der Waals surface area contributed by atoms with Gasteiger partial charge in [-0.3, -0.25) is 4.79 Å². The third-order valence-electron chi connectivity index (χ3n) is 3.58. The molecule has 3 rings (SSSR count). The molecule has 2 aromatic carbocycles. The molecular formula is C20H15ClN2O3S. The van der Waals surface area contributed by atoms with Crippen LogP contribution < -0.4 is 9.47 Å². The van der Waals surface area contributed by atoms with E-state index in [2.05, 4.69) is 4.98 Å². The Kier molecular flexibility index (Phi) is 6.07. The van der Waals surface area contributed by atoms with Crippen LogP contribution in [0.1, 0.15) is 18.2 Å². The van der Waals surface area contributed by atoms with Gasteiger partial charge < -0.3 is 9.47 Å². The van der Waals surface area contributed by atoms with Crippen LogP contribution >= 0.6 is 22.9 Å². The van der Waals surface area contributed by atoms with E-state index >= 15 is 0 Å². The second-order valence-electron chi connectivity index (χ2n) is 5.48. The summed E-state index contributed by atoms with van der Waals surface area (Å²) in [5, 5.41) is 11.7. The van der Waals surface area contributed by atoms with Crippen LogP contribution in [0.25, 0.3) is 10.6 Å². The number of carbonyl (C=O) groups excluding carboxylic acids is 1. The zero-order valence-electron chi connectivity index (χ0n) is 14.4. The summed E-state index contributed by atoms with van der Waals surface area (Å²) in [6, 6.07) is 14.1. The molecule has 5 nitrogen and oxygen atoms in total. The van der Waals surface area contributed by atoms with Crippen molar-refractivity contribution in [1.29, 1.82) is 5.26 Å². The van der Waals surface area contributed by atoms with Crippen LogP contribution in [-0.2, 0) is 11.2 Å². The van der Waals surface area contributed by atoms with Gasteiger partial charge in [-0.2, -0.15) is 5.26 Å². The molecule has 0 aliphatic rings. The van der Waals surface area contributed by atoms with Gasteiger partial charge in [0.05, 0.1) is 40.9 Å². The third kappa shape index (κ3) is 4.64. The fraction of sp³-hybridized carbons (Fsp3) is 0.150. The number of rotatable bonds is 6. The van der Waals surface area contributed by atoms with Crippen molar-refractivity contribution in [2.45, 2.75) is 13.3 Å². The molecule has 0 aliphatic carbocycles. The first-order valence-electron chi connectivity index (χ1n) is 8.17. The van der Waals surface area contributed by atoms with Gasteiger partial charge in [0.2, 0.25) is 0 Å². The number of ether oxygens (including phenoxy) is 2. The predicted molar refractivity (Wildman–Crippen MR) is 104 cm³/mol. The van der Waals surface area contributed by atoms with E-state index in [1.165, 1.54) is 23.5 Å². The number of para-hydroxylation sites is 1. The van der Waals surface area contributed by atoms with Gasteiger partial charge in [-0.25, -0.2) is 4.98 Å². The summed E-state index contributed by atoms with van der Waals surface area (Å²) in [6.45, 7) is 2.49. The minimum Gasteiger partial charge on any atom is -0.493 e. The van der Waals surface area contributed by atoms with Gasteiger partial charge in [-0.1, -0.05) is 23.7 Å². The summed E-state index contributed by atoms with van der Waals surface area (Å²) >= 11 is 7.47. The summed E-state index contributed by atoms with van der Waals surface area (Å²) in [6.07, 6.45) is 0.0175. The van der Waals surface area contributed by atoms with E-state index in [0.717, 1.165) is 16.3 Å². The number of thiazole rings is 1. The molecule has 0 fully saturated rings. The highest BCUT2D eigenvalue weighted by atomic mass is 35.5. The van der Waals surface area contributed by atoms with Crippen molar-refractivity contribution in [3.8, 4) is 28.1 Å². The molecule has 0 spiro atoms. The van der Waals surface area contributed by atoms with Crippen molar-refractivity contribution in [2.24, 2.45) is 0 Å². The normalized spacial score (nSPS) is 10.3. The molecule has 0 saturated carbocycles. The summed E-state index contributed by atoms with van der Waals surface area (Å²) in [4.78, 5) is 16.7. The molecule has 0 aliphatic heterocycles. The summed E-state index contributed by atoms with van der Waals surface area (Å²) in [5.41, 5.74) is 1.90. The zero-order chi connectivity index (χ0) is 19.2. The number of hydrogen-bond donors (Lipinski definition) is 0. The Morgan fingerprint density at radius 2 is 2.07 bits per heavy atom. The van der Waals surface area contributed by atoms with Crippen molar-refractivity contribution in [3.05, 3.63) is 64.1 Å². The van der Waals surface area contributed by atoms with Crippen LogP contribution in [0, 0.1) is 11.3 Å². The highest BCUT2D eigenvalue weighted by Gasteiger charge is 2.14. The maximum absolute atomic E-state index is 12.2. The number of halogens is 1. The average molecular weight is 399 g/mol. The Morgan fingerprint density at radius 3 is 2.81 bits per heavy atom. The minimum atomic E-state index is -0.475. The molecular weight excluding hydrogens is 384 g/mol. The summed E-state index contributed by atoms with van der Waals surface area (Å²) in [5.74, 6) is 0.502. The second kappa shape index (κ2) is 8.67. The maximum atomic E-state index is 12.2. The lowest BCUT2D eigenvalue weighted by Gasteiger charge is -2.07. The quantitative estimate of drug-likeness (QED) is 0.437. The van der Waals surface area contributed by atoms with Gasteiger partial charge in [-0.15, -0.1) is 11.3 Å². The molecule has 1 heterocycles. The number of esters is 1. The van der Waals surface area contributed by atoms with E-state index in [1.807, 2.05) is 42.6 Å². The number of hydrogen-bond acceptors (Lipinski definition) is 6. The van der Waals surface area contributed by atoms with Gasteiger partial charge >= 0.3 is 5.97 Å². The number of nitrogens with zero attached hydrogens (tertiary/aromatic N) is 2. The fourth-order valence-corrected chi connectivity index (χ4v) is 3.46. The van der Waals surface area contributed by atoms with E-state index in [4.69, 9.17) is 26.3 Å². The lowest BCUT2D eigenvalue weighted by atomic mass is 10.2. The van der Waals surface area contributed by atoms with Gasteiger partial charge in [0.25, 0.3) is 0 Å². The smallest absolute Gasteiger partial charge is 0.317 e. The van der Waals surface area contributed by atoms with Crippen LogP contribution in [-0.4, -0.2) is 17.6 Å². The van der Waals surface area contributed by atoms with E-state index in [9.17, 15) is 4.79 Å². The van der Waals surface area contributed by atoms with Crippen molar-refractivity contribution >= 4 is 28.9 Å². The molecule has 0 bridgehead atoms. The molecule has 136 valence electrons. The zero-order valence-corrected chi connectivity index (χ0v) is 16.0. The Labute approximate surface area is 165 Å². The molecule has 0 unspecified atom stereocenters. The predicted octanol–water partition coefficient (Wildman–Crippen LogP) is 4.88. The highest BCUT2D eigenvalue weighted by molar-refractivity contribution is 7.13. The van der Waals surface area contributed by atoms with Crippen LogP contribution in [0.2, 0.25) is 5.02 Å². The topological polar surface area (TPSA) is 72.2 Å². The van der Waals surface area contributed by atoms with Crippen molar-refractivity contribution in [2.75, 3.05) is 6.61 Å². The van der Waals surface area contributed by atoms with Crippen LogP contribution in [0.4, 0.5) is 0 Å². The first-order valence-corrected chi connectivity index (χ1v) is 9.43. The monoisotopic (exact) mass is 398 g/mol. The standard InChI is InChI=1S/C20H15ClN2O3S/c1-2-25-17-6-4-3-5-15(17)20-23-14(12-27-20)10-19(24)26-18-8-7-13(11-22)9-16(18)21/h3-9,12H,2,10H2,1H3. The lowest BCUT2D eigenvalue weighted by molar-refractivity contribution is -0.133. The number of nitriles is 1. The molecule has 7 heteroatoms. The molecule has 0 atom stereocenters. The molecule has 27 heavy (non-hydrogen) atoms. The Balaban J connectivity index is 1.71. The second-order valence-corrected chi connectivity index (χ2v) is 6.75. The molecule has 0 N–H and O–H groups in total. The average Bonchev–Trinajstić information content (AvgIpc) is 3.12. The Hall–Kier alpha value is -2.88. The number of aromatic nitrogens is 1. The van der Waals surface area contributed by atoms with Crippen LogP contribution in [0.15, 0.2) is 47.8 Å². The molecule has 0 saturated heterocycles. The Bertz CT molecular complexity index is 1010. The molecule has 0 radical (unpaired) electrons. The highest BCUT2D eigenvalue weighted by Crippen LogP contribution is 2.32. The summed E-state index contributed by atoms with van der Waals surface area (Å²) in [7, 11) is 0. The van der Waals surface area contributed by atoms with Gasteiger partial charge in [0.15, 0.2) is 0 Å². The lowest BCUT2D eigenvalue weighted by Crippen LogP contribution is -2.11. The SMILES string of the molecule is CCOc1ccccc1-c1nc(CC(=O)Oc2ccc(C#N)cc2Cl)cs1. The summed E-state index contributed by atoms with van der Waals surface area (Å²) < 4.78 is 10.9. The van der Waals surface area contributed by atoms with Gasteiger partial charge in [0, 0.05) is 5.38 Å². The van der Waals surface area contributed by atoms with Gasteiger partial charge in [0.1, 0.15) is 16.5 Å². The van der Waals surface area contributed by atoms with Crippen molar-refractivity contribution in [1.82, 2.24) is 4.98 Å². The molecule has 1 aromatic heterocycles. The first kappa shape index (κ1) is 18.9. The van der Waals surface area contributed by atoms with E-state index in [-0.39, 0.29) is 17.2 Å². The van der Waals surface area contributed by atoms with Crippen LogP contribution in [0.3, 0.4) is 0 Å². The van der Waals surface area contributed by atoms with E-state index in [1.54, 1.807) is 6.07 Å². The number of benzene rings is 2. The fourth-order valence-electron chi connectivity index (χ4n) is 2.40. The maximum Gasteiger partial charge on any atom is 0.317 e. The largest absolute Gasteiger partial charge is 0.493 e. The first-order chi connectivity index (χ1) is 13.1. The van der Waals surface area contributed by atoms with Crippen molar-refractivity contribution < 1.29 is 14.3 Å². The molecule has 3 aromatic rings. The van der Waals surface area contributed by atoms with Gasteiger partial charge in [-0.05, 0) is 37.3 Å². The molecule has 0 amide bonds. The van der Waals surface area contributed by atoms with E-state index in [0.29, 0.717) is 17.9 Å². The minimum absolute atomic E-state index is 0.0175. The van der Waals surface area contributed by atoms with Crippen LogP contribution in [0.5, 0.6) is 11.5 Å². The third-order valence-corrected chi connectivity index (χ3v) is 4.80. The number of carbonyl (C=O) groups is 1. The Morgan fingerprint density at radius 1 is 1.26 bits per heavy atom. The van der Waals surface area contributed by atoms with E-state index < -0.39 is 5.97 Å².